The van der Waals surface area contributed by atoms with Crippen LogP contribution in [0.15, 0.2) is 28.8 Å². The SMILES string of the molecule is COCCNCCNC(=O)c1cc(COc2c(Cl)cccc2Cl)on1.Cl. The van der Waals surface area contributed by atoms with Crippen molar-refractivity contribution >= 4 is 41.5 Å². The van der Waals surface area contributed by atoms with E-state index in [0.717, 1.165) is 6.54 Å². The van der Waals surface area contributed by atoms with E-state index in [9.17, 15) is 4.79 Å². The molecule has 0 unspecified atom stereocenters. The van der Waals surface area contributed by atoms with E-state index in [-0.39, 0.29) is 30.6 Å². The van der Waals surface area contributed by atoms with Gasteiger partial charge in [0.05, 0.1) is 16.7 Å². The van der Waals surface area contributed by atoms with Gasteiger partial charge in [-0.05, 0) is 12.1 Å². The van der Waals surface area contributed by atoms with E-state index >= 15 is 0 Å². The molecule has 2 rings (SSSR count). The predicted octanol–water partition coefficient (Wildman–Crippen LogP) is 2.95. The number of nitrogens with zero attached hydrogens (tertiary/aromatic N) is 1. The van der Waals surface area contributed by atoms with Gasteiger partial charge in [0.15, 0.2) is 17.2 Å². The van der Waals surface area contributed by atoms with Crippen LogP contribution in [0.1, 0.15) is 16.2 Å². The zero-order valence-corrected chi connectivity index (χ0v) is 16.4. The number of para-hydroxylation sites is 1. The number of amides is 1. The molecule has 0 atom stereocenters. The van der Waals surface area contributed by atoms with Crippen molar-refractivity contribution in [1.82, 2.24) is 15.8 Å². The normalized spacial score (nSPS) is 10.3. The highest BCUT2D eigenvalue weighted by Gasteiger charge is 2.14. The van der Waals surface area contributed by atoms with E-state index in [0.29, 0.717) is 41.3 Å². The summed E-state index contributed by atoms with van der Waals surface area (Å²) in [7, 11) is 1.63. The molecule has 2 N–H and O–H groups in total. The van der Waals surface area contributed by atoms with Crippen LogP contribution < -0.4 is 15.4 Å². The Balaban J connectivity index is 0.00000338. The largest absolute Gasteiger partial charge is 0.482 e. The number of ether oxygens (including phenoxy) is 2. The number of aromatic nitrogens is 1. The van der Waals surface area contributed by atoms with Crippen LogP contribution >= 0.6 is 35.6 Å². The van der Waals surface area contributed by atoms with Gasteiger partial charge in [-0.25, -0.2) is 0 Å². The first-order chi connectivity index (χ1) is 12.1. The van der Waals surface area contributed by atoms with Crippen LogP contribution in [0.25, 0.3) is 0 Å². The van der Waals surface area contributed by atoms with Gasteiger partial charge in [0, 0.05) is 32.8 Å². The predicted molar refractivity (Wildman–Crippen MR) is 102 cm³/mol. The van der Waals surface area contributed by atoms with E-state index in [2.05, 4.69) is 15.8 Å². The quantitative estimate of drug-likeness (QED) is 0.570. The van der Waals surface area contributed by atoms with Gasteiger partial charge in [-0.1, -0.05) is 34.4 Å². The third-order valence-electron chi connectivity index (χ3n) is 3.14. The van der Waals surface area contributed by atoms with Crippen molar-refractivity contribution in [3.63, 3.8) is 0 Å². The minimum Gasteiger partial charge on any atom is -0.482 e. The number of methoxy groups -OCH3 is 1. The smallest absolute Gasteiger partial charge is 0.273 e. The van der Waals surface area contributed by atoms with Gasteiger partial charge in [0.1, 0.15) is 6.61 Å². The van der Waals surface area contributed by atoms with Crippen molar-refractivity contribution in [1.29, 1.82) is 0 Å². The van der Waals surface area contributed by atoms with Crippen LogP contribution in [0.4, 0.5) is 0 Å². The Morgan fingerprint density at radius 2 is 1.96 bits per heavy atom. The topological polar surface area (TPSA) is 85.6 Å². The standard InChI is InChI=1S/C16H19Cl2N3O4.ClH/c1-23-8-7-19-5-6-20-16(22)14-9-11(25-21-14)10-24-15-12(17)3-2-4-13(15)18;/h2-4,9,19H,5-8,10H2,1H3,(H,20,22);1H. The number of rotatable bonds is 10. The average Bonchev–Trinajstić information content (AvgIpc) is 3.06. The lowest BCUT2D eigenvalue weighted by molar-refractivity contribution is 0.0944. The Labute approximate surface area is 167 Å². The highest BCUT2D eigenvalue weighted by Crippen LogP contribution is 2.32. The first-order valence-corrected chi connectivity index (χ1v) is 8.37. The summed E-state index contributed by atoms with van der Waals surface area (Å²) in [5.41, 5.74) is 0.181. The van der Waals surface area contributed by atoms with Crippen molar-refractivity contribution in [2.75, 3.05) is 33.4 Å². The second-order valence-corrected chi connectivity index (χ2v) is 5.83. The van der Waals surface area contributed by atoms with E-state index in [1.807, 2.05) is 0 Å². The first-order valence-electron chi connectivity index (χ1n) is 7.62. The summed E-state index contributed by atoms with van der Waals surface area (Å²) in [4.78, 5) is 12.0. The first kappa shape index (κ1) is 22.5. The molecule has 2 aromatic rings. The molecule has 0 spiro atoms. The number of halogens is 3. The van der Waals surface area contributed by atoms with E-state index in [1.165, 1.54) is 6.07 Å². The fourth-order valence-electron chi connectivity index (χ4n) is 1.91. The lowest BCUT2D eigenvalue weighted by Crippen LogP contribution is -2.33. The lowest BCUT2D eigenvalue weighted by Gasteiger charge is -2.07. The molecule has 1 heterocycles. The Bertz CT molecular complexity index is 677. The molecule has 1 amide bonds. The summed E-state index contributed by atoms with van der Waals surface area (Å²) in [6.07, 6.45) is 0. The Morgan fingerprint density at radius 3 is 2.65 bits per heavy atom. The van der Waals surface area contributed by atoms with Crippen LogP contribution in [0.5, 0.6) is 5.75 Å². The Kier molecular flexibility index (Phi) is 10.4. The number of nitrogens with one attached hydrogen (secondary N) is 2. The summed E-state index contributed by atoms with van der Waals surface area (Å²) in [6, 6.07) is 6.57. The van der Waals surface area contributed by atoms with Gasteiger partial charge in [-0.15, -0.1) is 12.4 Å². The maximum absolute atomic E-state index is 12.0. The van der Waals surface area contributed by atoms with Crippen LogP contribution in [0.2, 0.25) is 10.0 Å². The number of carbonyl (C=O) groups is 1. The van der Waals surface area contributed by atoms with E-state index < -0.39 is 0 Å². The molecule has 0 fully saturated rings. The van der Waals surface area contributed by atoms with Gasteiger partial charge < -0.3 is 24.6 Å². The molecule has 1 aromatic carbocycles. The molecule has 0 aliphatic rings. The molecular formula is C16H20Cl3N3O4. The molecule has 7 nitrogen and oxygen atoms in total. The summed E-state index contributed by atoms with van der Waals surface area (Å²) in [6.45, 7) is 2.51. The molecule has 144 valence electrons. The molecule has 0 aliphatic carbocycles. The fraction of sp³-hybridized carbons (Fsp3) is 0.375. The minimum atomic E-state index is -0.320. The van der Waals surface area contributed by atoms with Crippen molar-refractivity contribution in [3.05, 3.63) is 45.8 Å². The van der Waals surface area contributed by atoms with Crippen LogP contribution in [-0.2, 0) is 11.3 Å². The molecule has 1 aromatic heterocycles. The van der Waals surface area contributed by atoms with Crippen molar-refractivity contribution in [3.8, 4) is 5.75 Å². The van der Waals surface area contributed by atoms with Gasteiger partial charge >= 0.3 is 0 Å². The zero-order chi connectivity index (χ0) is 18.1. The maximum Gasteiger partial charge on any atom is 0.273 e. The monoisotopic (exact) mass is 423 g/mol. The molecule has 0 saturated carbocycles. The fourth-order valence-corrected chi connectivity index (χ4v) is 2.41. The molecule has 0 saturated heterocycles. The Hall–Kier alpha value is -1.51. The molecular weight excluding hydrogens is 405 g/mol. The molecule has 0 radical (unpaired) electrons. The maximum atomic E-state index is 12.0. The second-order valence-electron chi connectivity index (χ2n) is 5.02. The number of carbonyl (C=O) groups excluding carboxylic acids is 1. The third kappa shape index (κ3) is 7.01. The number of benzene rings is 1. The van der Waals surface area contributed by atoms with Gasteiger partial charge in [-0.3, -0.25) is 4.79 Å². The minimum absolute atomic E-state index is 0. The van der Waals surface area contributed by atoms with Crippen molar-refractivity contribution < 1.29 is 18.8 Å². The average molecular weight is 425 g/mol. The van der Waals surface area contributed by atoms with Gasteiger partial charge in [0.25, 0.3) is 5.91 Å². The van der Waals surface area contributed by atoms with Crippen molar-refractivity contribution in [2.24, 2.45) is 0 Å². The van der Waals surface area contributed by atoms with E-state index in [4.69, 9.17) is 37.2 Å². The highest BCUT2D eigenvalue weighted by molar-refractivity contribution is 6.37. The van der Waals surface area contributed by atoms with Gasteiger partial charge in [-0.2, -0.15) is 0 Å². The van der Waals surface area contributed by atoms with Crippen LogP contribution in [0.3, 0.4) is 0 Å². The summed E-state index contributed by atoms with van der Waals surface area (Å²) in [5.74, 6) is 0.425. The Morgan fingerprint density at radius 1 is 1.23 bits per heavy atom. The molecule has 10 heteroatoms. The third-order valence-corrected chi connectivity index (χ3v) is 3.73. The molecule has 26 heavy (non-hydrogen) atoms. The van der Waals surface area contributed by atoms with Crippen LogP contribution in [0, 0.1) is 0 Å². The number of hydrogen-bond acceptors (Lipinski definition) is 6. The highest BCUT2D eigenvalue weighted by atomic mass is 35.5. The second kappa shape index (κ2) is 12.0. The van der Waals surface area contributed by atoms with E-state index in [1.54, 1.807) is 25.3 Å². The molecule has 0 bridgehead atoms. The van der Waals surface area contributed by atoms with Gasteiger partial charge in [0.2, 0.25) is 0 Å². The summed E-state index contributed by atoms with van der Waals surface area (Å²) < 4.78 is 15.5. The zero-order valence-electron chi connectivity index (χ0n) is 14.1. The number of hydrogen-bond donors (Lipinski definition) is 2. The summed E-state index contributed by atoms with van der Waals surface area (Å²) >= 11 is 12.0. The van der Waals surface area contributed by atoms with Crippen LogP contribution in [-0.4, -0.2) is 44.4 Å². The molecule has 0 aliphatic heterocycles. The van der Waals surface area contributed by atoms with Crippen molar-refractivity contribution in [2.45, 2.75) is 6.61 Å². The lowest BCUT2D eigenvalue weighted by atomic mass is 10.3. The summed E-state index contributed by atoms with van der Waals surface area (Å²) in [5, 5.41) is 10.4.